The van der Waals surface area contributed by atoms with Crippen LogP contribution in [0.1, 0.15) is 22.3 Å². The van der Waals surface area contributed by atoms with Gasteiger partial charge < -0.3 is 9.64 Å². The molecule has 3 heterocycles. The van der Waals surface area contributed by atoms with Crippen molar-refractivity contribution in [2.75, 3.05) is 13.2 Å². The van der Waals surface area contributed by atoms with Crippen LogP contribution in [0.5, 0.6) is 0 Å². The molecule has 1 aliphatic rings. The van der Waals surface area contributed by atoms with Gasteiger partial charge in [0.2, 0.25) is 0 Å². The van der Waals surface area contributed by atoms with Gasteiger partial charge >= 0.3 is 0 Å². The van der Waals surface area contributed by atoms with Gasteiger partial charge in [0, 0.05) is 36.3 Å². The first-order chi connectivity index (χ1) is 16.6. The van der Waals surface area contributed by atoms with Crippen LogP contribution in [0.15, 0.2) is 73.2 Å². The Balaban J connectivity index is 1.40. The topological polar surface area (TPSA) is 73.1 Å². The number of halogens is 1. The number of nitrogens with zero attached hydrogens (tertiary/aromatic N) is 5. The molecule has 0 bridgehead atoms. The van der Waals surface area contributed by atoms with Crippen LogP contribution in [0.3, 0.4) is 0 Å². The molecule has 4 aromatic rings. The third kappa shape index (κ3) is 4.58. The fourth-order valence-electron chi connectivity index (χ4n) is 4.09. The number of amides is 1. The van der Waals surface area contributed by atoms with E-state index in [9.17, 15) is 9.18 Å². The van der Waals surface area contributed by atoms with Crippen molar-refractivity contribution in [3.8, 4) is 22.6 Å². The highest BCUT2D eigenvalue weighted by Crippen LogP contribution is 2.26. The second-order valence-corrected chi connectivity index (χ2v) is 8.23. The summed E-state index contributed by atoms with van der Waals surface area (Å²) in [7, 11) is 0. The summed E-state index contributed by atoms with van der Waals surface area (Å²) in [6.07, 6.45) is 5.46. The number of carbonyl (C=O) groups excluding carboxylic acids is 1. The number of aromatic nitrogens is 4. The Hall–Kier alpha value is -3.91. The van der Waals surface area contributed by atoms with Crippen molar-refractivity contribution >= 4 is 5.91 Å². The maximum absolute atomic E-state index is 13.7. The molecule has 0 radical (unpaired) electrons. The second-order valence-electron chi connectivity index (χ2n) is 8.23. The van der Waals surface area contributed by atoms with E-state index in [2.05, 4.69) is 15.1 Å². The molecule has 5 rings (SSSR count). The molecule has 1 unspecified atom stereocenters. The molecule has 2 aromatic carbocycles. The zero-order chi connectivity index (χ0) is 23.5. The van der Waals surface area contributed by atoms with Gasteiger partial charge in [0.25, 0.3) is 5.91 Å². The Bertz CT molecular complexity index is 1290. The normalized spacial score (nSPS) is 15.9. The predicted molar refractivity (Wildman–Crippen MR) is 125 cm³/mol. The Morgan fingerprint density at radius 3 is 2.71 bits per heavy atom. The van der Waals surface area contributed by atoms with Crippen molar-refractivity contribution in [1.82, 2.24) is 24.6 Å². The van der Waals surface area contributed by atoms with E-state index in [0.29, 0.717) is 36.6 Å². The fraction of sp³-hybridized carbons (Fsp3) is 0.231. The van der Waals surface area contributed by atoms with E-state index in [-0.39, 0.29) is 11.7 Å². The molecule has 1 atom stereocenters. The van der Waals surface area contributed by atoms with E-state index >= 15 is 0 Å². The summed E-state index contributed by atoms with van der Waals surface area (Å²) < 4.78 is 21.0. The van der Waals surface area contributed by atoms with Crippen molar-refractivity contribution in [3.05, 3.63) is 90.1 Å². The number of rotatable bonds is 5. The van der Waals surface area contributed by atoms with Gasteiger partial charge in [-0.15, -0.1) is 0 Å². The van der Waals surface area contributed by atoms with Crippen molar-refractivity contribution in [2.24, 2.45) is 0 Å². The van der Waals surface area contributed by atoms with Crippen molar-refractivity contribution in [2.45, 2.75) is 26.1 Å². The smallest absolute Gasteiger partial charge is 0.256 e. The third-order valence-electron chi connectivity index (χ3n) is 5.80. The molecule has 0 aliphatic carbocycles. The van der Waals surface area contributed by atoms with Crippen LogP contribution >= 0.6 is 0 Å². The molecule has 1 saturated heterocycles. The largest absolute Gasteiger partial charge is 0.356 e. The van der Waals surface area contributed by atoms with Gasteiger partial charge in [0.15, 0.2) is 12.1 Å². The zero-order valence-corrected chi connectivity index (χ0v) is 18.8. The summed E-state index contributed by atoms with van der Waals surface area (Å²) in [5.41, 5.74) is 3.78. The Kier molecular flexibility index (Phi) is 6.14. The number of hydrogen-bond donors (Lipinski definition) is 0. The quantitative estimate of drug-likeness (QED) is 0.446. The van der Waals surface area contributed by atoms with Crippen molar-refractivity contribution < 1.29 is 13.9 Å². The fourth-order valence-corrected chi connectivity index (χ4v) is 4.09. The molecule has 1 fully saturated rings. The number of hydrogen-bond acceptors (Lipinski definition) is 5. The maximum Gasteiger partial charge on any atom is 0.256 e. The van der Waals surface area contributed by atoms with Gasteiger partial charge in [-0.1, -0.05) is 17.7 Å². The lowest BCUT2D eigenvalue weighted by Gasteiger charge is -2.36. The SMILES string of the molecule is Cc1ccc(-c2ncccn2)c(C(=O)N2CCCOC2Cn2ccc(-c3ccc(F)cc3)n2)c1. The highest BCUT2D eigenvalue weighted by Gasteiger charge is 2.30. The van der Waals surface area contributed by atoms with Crippen LogP contribution in [0.25, 0.3) is 22.6 Å². The molecule has 1 amide bonds. The molecular weight excluding hydrogens is 433 g/mol. The van der Waals surface area contributed by atoms with Gasteiger partial charge in [-0.05, 0) is 55.8 Å². The number of aryl methyl sites for hydroxylation is 1. The minimum Gasteiger partial charge on any atom is -0.356 e. The molecule has 8 heteroatoms. The zero-order valence-electron chi connectivity index (χ0n) is 18.8. The summed E-state index contributed by atoms with van der Waals surface area (Å²) >= 11 is 0. The van der Waals surface area contributed by atoms with Crippen LogP contribution in [0.2, 0.25) is 0 Å². The Morgan fingerprint density at radius 2 is 1.91 bits per heavy atom. The minimum absolute atomic E-state index is 0.123. The first-order valence-electron chi connectivity index (χ1n) is 11.2. The maximum atomic E-state index is 13.7. The summed E-state index contributed by atoms with van der Waals surface area (Å²) in [5, 5.41) is 4.61. The Morgan fingerprint density at radius 1 is 1.12 bits per heavy atom. The van der Waals surface area contributed by atoms with Gasteiger partial charge in [0.1, 0.15) is 5.82 Å². The van der Waals surface area contributed by atoms with E-state index in [1.807, 2.05) is 37.4 Å². The highest BCUT2D eigenvalue weighted by molar-refractivity contribution is 6.00. The average Bonchev–Trinajstić information content (AvgIpc) is 3.33. The average molecular weight is 458 g/mol. The van der Waals surface area contributed by atoms with Crippen LogP contribution in [0.4, 0.5) is 4.39 Å². The summed E-state index contributed by atoms with van der Waals surface area (Å²) in [4.78, 5) is 24.2. The molecule has 0 spiro atoms. The van der Waals surface area contributed by atoms with Crippen LogP contribution in [0, 0.1) is 12.7 Å². The molecule has 172 valence electrons. The van der Waals surface area contributed by atoms with Gasteiger partial charge in [-0.2, -0.15) is 5.10 Å². The van der Waals surface area contributed by atoms with Crippen molar-refractivity contribution in [1.29, 1.82) is 0 Å². The number of carbonyl (C=O) groups is 1. The molecule has 0 N–H and O–H groups in total. The van der Waals surface area contributed by atoms with E-state index in [1.54, 1.807) is 40.2 Å². The van der Waals surface area contributed by atoms with E-state index in [1.165, 1.54) is 12.1 Å². The van der Waals surface area contributed by atoms with E-state index in [4.69, 9.17) is 4.74 Å². The monoisotopic (exact) mass is 457 g/mol. The van der Waals surface area contributed by atoms with Gasteiger partial charge in [0.05, 0.1) is 24.4 Å². The summed E-state index contributed by atoms with van der Waals surface area (Å²) in [6, 6.07) is 15.5. The summed E-state index contributed by atoms with van der Waals surface area (Å²) in [5.74, 6) is 0.0995. The molecule has 1 aliphatic heterocycles. The van der Waals surface area contributed by atoms with Crippen molar-refractivity contribution in [3.63, 3.8) is 0 Å². The number of ether oxygens (including phenoxy) is 1. The molecule has 0 saturated carbocycles. The first-order valence-corrected chi connectivity index (χ1v) is 11.2. The minimum atomic E-state index is -0.465. The lowest BCUT2D eigenvalue weighted by atomic mass is 10.0. The Labute approximate surface area is 196 Å². The lowest BCUT2D eigenvalue weighted by Crippen LogP contribution is -2.48. The van der Waals surface area contributed by atoms with Crippen LogP contribution < -0.4 is 0 Å². The standard InChI is InChI=1S/C26H24FN5O2/c1-18-4-9-21(25-28-11-2-12-29-25)22(16-18)26(33)32-13-3-15-34-24(32)17-31-14-10-23(30-31)19-5-7-20(27)8-6-19/h2,4-12,14,16,24H,3,13,15,17H2,1H3. The molecule has 7 nitrogen and oxygen atoms in total. The molecule has 34 heavy (non-hydrogen) atoms. The highest BCUT2D eigenvalue weighted by atomic mass is 19.1. The first kappa shape index (κ1) is 21.9. The summed E-state index contributed by atoms with van der Waals surface area (Å²) in [6.45, 7) is 3.49. The lowest BCUT2D eigenvalue weighted by molar-refractivity contribution is -0.0860. The third-order valence-corrected chi connectivity index (χ3v) is 5.80. The second kappa shape index (κ2) is 9.52. The van der Waals surface area contributed by atoms with E-state index in [0.717, 1.165) is 23.2 Å². The van der Waals surface area contributed by atoms with Gasteiger partial charge in [-0.25, -0.2) is 14.4 Å². The number of benzene rings is 2. The molecular formula is C26H24FN5O2. The predicted octanol–water partition coefficient (Wildman–Crippen LogP) is 4.34. The van der Waals surface area contributed by atoms with Gasteiger partial charge in [-0.3, -0.25) is 9.48 Å². The van der Waals surface area contributed by atoms with Crippen LogP contribution in [-0.4, -0.2) is 49.9 Å². The van der Waals surface area contributed by atoms with E-state index < -0.39 is 6.23 Å². The molecule has 2 aromatic heterocycles. The van der Waals surface area contributed by atoms with Crippen LogP contribution in [-0.2, 0) is 11.3 Å².